The summed E-state index contributed by atoms with van der Waals surface area (Å²) < 4.78 is 1.62. The van der Waals surface area contributed by atoms with E-state index in [9.17, 15) is 4.79 Å². The van der Waals surface area contributed by atoms with E-state index in [4.69, 9.17) is 5.73 Å². The molecule has 0 atom stereocenters. The van der Waals surface area contributed by atoms with Crippen LogP contribution in [0.4, 0.5) is 0 Å². The molecule has 0 unspecified atom stereocenters. The zero-order valence-corrected chi connectivity index (χ0v) is 7.29. The van der Waals surface area contributed by atoms with Crippen LogP contribution < -0.4 is 11.3 Å². The SMILES string of the molecule is CCc1ccn(CCN)c(=O)c1. The standard InChI is InChI=1S/C9H14N2O/c1-2-8-3-5-11(6-4-10)9(12)7-8/h3,5,7H,2,4,6,10H2,1H3. The van der Waals surface area contributed by atoms with Crippen LogP contribution in [0.5, 0.6) is 0 Å². The second-order valence-corrected chi connectivity index (χ2v) is 2.71. The van der Waals surface area contributed by atoms with Crippen molar-refractivity contribution in [2.75, 3.05) is 6.54 Å². The van der Waals surface area contributed by atoms with Crippen molar-refractivity contribution in [1.29, 1.82) is 0 Å². The largest absolute Gasteiger partial charge is 0.329 e. The first kappa shape index (κ1) is 9.00. The van der Waals surface area contributed by atoms with Crippen molar-refractivity contribution in [3.63, 3.8) is 0 Å². The van der Waals surface area contributed by atoms with Gasteiger partial charge in [-0.05, 0) is 18.1 Å². The van der Waals surface area contributed by atoms with Gasteiger partial charge in [0.05, 0.1) is 0 Å². The van der Waals surface area contributed by atoms with E-state index in [1.165, 1.54) is 0 Å². The number of aromatic nitrogens is 1. The number of hydrogen-bond acceptors (Lipinski definition) is 2. The molecular weight excluding hydrogens is 152 g/mol. The Bertz CT molecular complexity index is 304. The normalized spacial score (nSPS) is 10.2. The molecule has 0 spiro atoms. The van der Waals surface area contributed by atoms with Crippen molar-refractivity contribution in [3.8, 4) is 0 Å². The Morgan fingerprint density at radius 1 is 1.58 bits per heavy atom. The molecule has 0 aliphatic heterocycles. The predicted octanol–water partition coefficient (Wildman–Crippen LogP) is 0.369. The molecule has 1 aromatic heterocycles. The minimum atomic E-state index is 0.0415. The summed E-state index contributed by atoms with van der Waals surface area (Å²) in [4.78, 5) is 11.3. The van der Waals surface area contributed by atoms with E-state index in [0.29, 0.717) is 13.1 Å². The van der Waals surface area contributed by atoms with Gasteiger partial charge in [0, 0.05) is 25.4 Å². The molecule has 0 bridgehead atoms. The smallest absolute Gasteiger partial charge is 0.250 e. The maximum Gasteiger partial charge on any atom is 0.250 e. The Morgan fingerprint density at radius 3 is 2.83 bits per heavy atom. The van der Waals surface area contributed by atoms with Gasteiger partial charge in [-0.15, -0.1) is 0 Å². The van der Waals surface area contributed by atoms with Crippen molar-refractivity contribution in [1.82, 2.24) is 4.57 Å². The minimum Gasteiger partial charge on any atom is -0.329 e. The molecule has 2 N–H and O–H groups in total. The summed E-state index contributed by atoms with van der Waals surface area (Å²) in [5, 5.41) is 0. The van der Waals surface area contributed by atoms with Crippen LogP contribution in [0, 0.1) is 0 Å². The van der Waals surface area contributed by atoms with E-state index >= 15 is 0 Å². The third-order valence-electron chi connectivity index (χ3n) is 1.84. The molecule has 0 amide bonds. The zero-order chi connectivity index (χ0) is 8.97. The van der Waals surface area contributed by atoms with Gasteiger partial charge in [-0.3, -0.25) is 4.79 Å². The minimum absolute atomic E-state index is 0.0415. The van der Waals surface area contributed by atoms with Gasteiger partial charge in [-0.2, -0.15) is 0 Å². The molecule has 66 valence electrons. The highest BCUT2D eigenvalue weighted by molar-refractivity contribution is 5.10. The molecule has 0 aromatic carbocycles. The van der Waals surface area contributed by atoms with E-state index in [-0.39, 0.29) is 5.56 Å². The molecule has 12 heavy (non-hydrogen) atoms. The van der Waals surface area contributed by atoms with Crippen LogP contribution in [0.3, 0.4) is 0 Å². The lowest BCUT2D eigenvalue weighted by Crippen LogP contribution is -2.23. The Morgan fingerprint density at radius 2 is 2.33 bits per heavy atom. The maximum absolute atomic E-state index is 11.3. The van der Waals surface area contributed by atoms with Gasteiger partial charge in [-0.1, -0.05) is 6.92 Å². The van der Waals surface area contributed by atoms with Gasteiger partial charge in [0.2, 0.25) is 0 Å². The lowest BCUT2D eigenvalue weighted by molar-refractivity contribution is 0.678. The number of aryl methyl sites for hydroxylation is 1. The molecule has 0 aliphatic carbocycles. The molecule has 0 radical (unpaired) electrons. The molecule has 0 aliphatic rings. The lowest BCUT2D eigenvalue weighted by atomic mass is 10.2. The number of rotatable bonds is 3. The number of nitrogens with two attached hydrogens (primary N) is 1. The Labute approximate surface area is 71.8 Å². The van der Waals surface area contributed by atoms with E-state index < -0.39 is 0 Å². The molecule has 1 heterocycles. The average Bonchev–Trinajstić information content (AvgIpc) is 2.09. The first-order valence-electron chi connectivity index (χ1n) is 4.17. The molecule has 0 fully saturated rings. The topological polar surface area (TPSA) is 48.0 Å². The molecule has 3 nitrogen and oxygen atoms in total. The second-order valence-electron chi connectivity index (χ2n) is 2.71. The summed E-state index contributed by atoms with van der Waals surface area (Å²) in [6.45, 7) is 3.14. The monoisotopic (exact) mass is 166 g/mol. The third kappa shape index (κ3) is 1.95. The van der Waals surface area contributed by atoms with Crippen molar-refractivity contribution in [3.05, 3.63) is 34.2 Å². The summed E-state index contributed by atoms with van der Waals surface area (Å²) in [6, 6.07) is 3.62. The van der Waals surface area contributed by atoms with Crippen LogP contribution >= 0.6 is 0 Å². The number of pyridine rings is 1. The van der Waals surface area contributed by atoms with Gasteiger partial charge in [-0.25, -0.2) is 0 Å². The molecular formula is C9H14N2O. The van der Waals surface area contributed by atoms with E-state index in [0.717, 1.165) is 12.0 Å². The molecule has 0 saturated heterocycles. The van der Waals surface area contributed by atoms with Crippen LogP contribution in [-0.2, 0) is 13.0 Å². The fraction of sp³-hybridized carbons (Fsp3) is 0.444. The fourth-order valence-corrected chi connectivity index (χ4v) is 1.09. The highest BCUT2D eigenvalue weighted by Gasteiger charge is 1.94. The van der Waals surface area contributed by atoms with Gasteiger partial charge < -0.3 is 10.3 Å². The lowest BCUT2D eigenvalue weighted by Gasteiger charge is -2.03. The third-order valence-corrected chi connectivity index (χ3v) is 1.84. The average molecular weight is 166 g/mol. The van der Waals surface area contributed by atoms with Crippen LogP contribution in [0.2, 0.25) is 0 Å². The Kier molecular flexibility index (Phi) is 3.05. The van der Waals surface area contributed by atoms with E-state index in [1.807, 2.05) is 13.0 Å². The first-order valence-corrected chi connectivity index (χ1v) is 4.17. The zero-order valence-electron chi connectivity index (χ0n) is 7.29. The Balaban J connectivity index is 2.96. The summed E-state index contributed by atoms with van der Waals surface area (Å²) in [7, 11) is 0. The summed E-state index contributed by atoms with van der Waals surface area (Å²) >= 11 is 0. The van der Waals surface area contributed by atoms with Crippen molar-refractivity contribution >= 4 is 0 Å². The fourth-order valence-electron chi connectivity index (χ4n) is 1.09. The van der Waals surface area contributed by atoms with Crippen LogP contribution in [0.15, 0.2) is 23.1 Å². The molecule has 0 saturated carbocycles. The van der Waals surface area contributed by atoms with Gasteiger partial charge in [0.1, 0.15) is 0 Å². The molecule has 1 aromatic rings. The van der Waals surface area contributed by atoms with E-state index in [1.54, 1.807) is 16.8 Å². The molecule has 1 rings (SSSR count). The summed E-state index contributed by atoms with van der Waals surface area (Å²) in [5.41, 5.74) is 6.46. The number of nitrogens with zero attached hydrogens (tertiary/aromatic N) is 1. The summed E-state index contributed by atoms with van der Waals surface area (Å²) in [6.07, 6.45) is 2.70. The Hall–Kier alpha value is -1.09. The van der Waals surface area contributed by atoms with Crippen molar-refractivity contribution in [2.24, 2.45) is 5.73 Å². The molecule has 3 heteroatoms. The highest BCUT2D eigenvalue weighted by atomic mass is 16.1. The van der Waals surface area contributed by atoms with Gasteiger partial charge in [0.25, 0.3) is 5.56 Å². The second kappa shape index (κ2) is 4.07. The van der Waals surface area contributed by atoms with Crippen LogP contribution in [0.25, 0.3) is 0 Å². The quantitative estimate of drug-likeness (QED) is 0.705. The van der Waals surface area contributed by atoms with Crippen LogP contribution in [0.1, 0.15) is 12.5 Å². The van der Waals surface area contributed by atoms with E-state index in [2.05, 4.69) is 0 Å². The van der Waals surface area contributed by atoms with Gasteiger partial charge in [0.15, 0.2) is 0 Å². The first-order chi connectivity index (χ1) is 5.77. The van der Waals surface area contributed by atoms with Crippen molar-refractivity contribution in [2.45, 2.75) is 19.9 Å². The van der Waals surface area contributed by atoms with Crippen molar-refractivity contribution < 1.29 is 0 Å². The predicted molar refractivity (Wildman–Crippen MR) is 49.1 cm³/mol. The van der Waals surface area contributed by atoms with Crippen LogP contribution in [-0.4, -0.2) is 11.1 Å². The van der Waals surface area contributed by atoms with Gasteiger partial charge >= 0.3 is 0 Å². The summed E-state index contributed by atoms with van der Waals surface area (Å²) in [5.74, 6) is 0. The number of hydrogen-bond donors (Lipinski definition) is 1. The maximum atomic E-state index is 11.3. The highest BCUT2D eigenvalue weighted by Crippen LogP contribution is 1.94.